The molecule has 122 valence electrons. The van der Waals surface area contributed by atoms with Gasteiger partial charge in [-0.25, -0.2) is 0 Å². The SMILES string of the molecule is CN(C)/C=C(\Sc1nnnn1-c1ccccc1)C(=O)c1ccoc1. The second-order valence-corrected chi connectivity index (χ2v) is 6.12. The van der Waals surface area contributed by atoms with E-state index in [1.165, 1.54) is 24.3 Å². The smallest absolute Gasteiger partial charge is 0.219 e. The summed E-state index contributed by atoms with van der Waals surface area (Å²) < 4.78 is 6.60. The molecule has 0 saturated heterocycles. The summed E-state index contributed by atoms with van der Waals surface area (Å²) in [4.78, 5) is 15.0. The molecule has 0 aliphatic carbocycles. The molecule has 0 saturated carbocycles. The minimum absolute atomic E-state index is 0.148. The van der Waals surface area contributed by atoms with Crippen LogP contribution in [-0.4, -0.2) is 45.0 Å². The number of allylic oxidation sites excluding steroid dienone is 1. The largest absolute Gasteiger partial charge is 0.472 e. The molecule has 0 spiro atoms. The summed E-state index contributed by atoms with van der Waals surface area (Å²) in [5.41, 5.74) is 1.30. The average Bonchev–Trinajstić information content (AvgIpc) is 3.26. The van der Waals surface area contributed by atoms with Crippen LogP contribution < -0.4 is 0 Å². The number of Topliss-reactive ketones (excluding diaryl/α,β-unsaturated/α-hetero) is 1. The molecule has 3 rings (SSSR count). The zero-order valence-corrected chi connectivity index (χ0v) is 14.0. The van der Waals surface area contributed by atoms with E-state index < -0.39 is 0 Å². The summed E-state index contributed by atoms with van der Waals surface area (Å²) in [5.74, 6) is -0.148. The van der Waals surface area contributed by atoms with Crippen molar-refractivity contribution in [1.29, 1.82) is 0 Å². The molecule has 8 heteroatoms. The number of carbonyl (C=O) groups is 1. The van der Waals surface area contributed by atoms with E-state index in [1.54, 1.807) is 21.8 Å². The normalized spacial score (nSPS) is 11.5. The molecule has 1 aromatic carbocycles. The predicted octanol–water partition coefficient (Wildman–Crippen LogP) is 2.63. The monoisotopic (exact) mass is 341 g/mol. The standard InChI is InChI=1S/C16H15N5O2S/c1-20(2)10-14(15(22)12-8-9-23-11-12)24-16-17-18-19-21(16)13-6-4-3-5-7-13/h3-11H,1-2H3/b14-10-. The highest BCUT2D eigenvalue weighted by atomic mass is 32.2. The van der Waals surface area contributed by atoms with Gasteiger partial charge in [0.15, 0.2) is 0 Å². The average molecular weight is 341 g/mol. The molecular formula is C16H15N5O2S. The van der Waals surface area contributed by atoms with Crippen LogP contribution >= 0.6 is 11.8 Å². The highest BCUT2D eigenvalue weighted by molar-refractivity contribution is 8.03. The van der Waals surface area contributed by atoms with Crippen LogP contribution in [0.1, 0.15) is 10.4 Å². The van der Waals surface area contributed by atoms with Crippen molar-refractivity contribution in [2.24, 2.45) is 0 Å². The number of nitrogens with zero attached hydrogens (tertiary/aromatic N) is 5. The van der Waals surface area contributed by atoms with Crippen molar-refractivity contribution in [1.82, 2.24) is 25.1 Å². The minimum atomic E-state index is -0.148. The molecule has 7 nitrogen and oxygen atoms in total. The second-order valence-electron chi connectivity index (χ2n) is 5.11. The van der Waals surface area contributed by atoms with E-state index in [0.717, 1.165) is 5.69 Å². The Balaban J connectivity index is 1.92. The fraction of sp³-hybridized carbons (Fsp3) is 0.125. The van der Waals surface area contributed by atoms with Crippen LogP contribution in [0.25, 0.3) is 5.69 Å². The van der Waals surface area contributed by atoms with E-state index in [0.29, 0.717) is 15.6 Å². The number of tetrazole rings is 1. The van der Waals surface area contributed by atoms with Crippen molar-refractivity contribution < 1.29 is 9.21 Å². The molecule has 3 aromatic rings. The molecule has 0 bridgehead atoms. The first-order valence-corrected chi connectivity index (χ1v) is 7.93. The lowest BCUT2D eigenvalue weighted by Crippen LogP contribution is -2.08. The summed E-state index contributed by atoms with van der Waals surface area (Å²) >= 11 is 1.21. The Morgan fingerprint density at radius 3 is 2.71 bits per heavy atom. The number of para-hydroxylation sites is 1. The van der Waals surface area contributed by atoms with E-state index in [-0.39, 0.29) is 5.78 Å². The highest BCUT2D eigenvalue weighted by Crippen LogP contribution is 2.29. The Kier molecular flexibility index (Phi) is 4.76. The van der Waals surface area contributed by atoms with E-state index in [2.05, 4.69) is 15.5 Å². The van der Waals surface area contributed by atoms with Crippen LogP contribution in [-0.2, 0) is 0 Å². The molecule has 0 aliphatic heterocycles. The lowest BCUT2D eigenvalue weighted by molar-refractivity contribution is 0.104. The Bertz CT molecular complexity index is 841. The summed E-state index contributed by atoms with van der Waals surface area (Å²) in [6, 6.07) is 11.1. The number of hydrogen-bond acceptors (Lipinski definition) is 7. The quantitative estimate of drug-likeness (QED) is 0.387. The number of rotatable bonds is 6. The first kappa shape index (κ1) is 16.0. The number of furan rings is 1. The Morgan fingerprint density at radius 1 is 1.25 bits per heavy atom. The van der Waals surface area contributed by atoms with Crippen LogP contribution in [0.15, 0.2) is 69.6 Å². The zero-order chi connectivity index (χ0) is 16.9. The molecule has 0 aliphatic rings. The fourth-order valence-electron chi connectivity index (χ4n) is 1.97. The van der Waals surface area contributed by atoms with Gasteiger partial charge in [-0.1, -0.05) is 18.2 Å². The summed E-state index contributed by atoms with van der Waals surface area (Å²) in [7, 11) is 3.70. The van der Waals surface area contributed by atoms with Gasteiger partial charge < -0.3 is 9.32 Å². The van der Waals surface area contributed by atoms with E-state index in [9.17, 15) is 4.79 Å². The summed E-state index contributed by atoms with van der Waals surface area (Å²) in [5, 5.41) is 12.3. The fourth-order valence-corrected chi connectivity index (χ4v) is 2.95. The van der Waals surface area contributed by atoms with E-state index >= 15 is 0 Å². The third kappa shape index (κ3) is 3.54. The van der Waals surface area contributed by atoms with Crippen molar-refractivity contribution in [2.75, 3.05) is 14.1 Å². The van der Waals surface area contributed by atoms with Gasteiger partial charge in [-0.2, -0.15) is 4.68 Å². The topological polar surface area (TPSA) is 77.1 Å². The van der Waals surface area contributed by atoms with E-state index in [4.69, 9.17) is 4.42 Å². The van der Waals surface area contributed by atoms with Crippen molar-refractivity contribution in [3.05, 3.63) is 65.6 Å². The van der Waals surface area contributed by atoms with Gasteiger partial charge in [0.1, 0.15) is 6.26 Å². The molecule has 24 heavy (non-hydrogen) atoms. The maximum Gasteiger partial charge on any atom is 0.219 e. The molecule has 0 radical (unpaired) electrons. The first-order valence-electron chi connectivity index (χ1n) is 7.12. The third-order valence-electron chi connectivity index (χ3n) is 3.03. The van der Waals surface area contributed by atoms with Crippen molar-refractivity contribution in [3.63, 3.8) is 0 Å². The lowest BCUT2D eigenvalue weighted by Gasteiger charge is -2.10. The molecule has 0 atom stereocenters. The number of thioether (sulfide) groups is 1. The van der Waals surface area contributed by atoms with Gasteiger partial charge in [0.2, 0.25) is 10.9 Å². The van der Waals surface area contributed by atoms with Crippen molar-refractivity contribution in [3.8, 4) is 5.69 Å². The molecule has 0 fully saturated rings. The molecular weight excluding hydrogens is 326 g/mol. The van der Waals surface area contributed by atoms with Gasteiger partial charge in [0.05, 0.1) is 22.4 Å². The Morgan fingerprint density at radius 2 is 2.04 bits per heavy atom. The molecule has 0 unspecified atom stereocenters. The lowest BCUT2D eigenvalue weighted by atomic mass is 10.2. The second kappa shape index (κ2) is 7.14. The Hall–Kier alpha value is -2.87. The predicted molar refractivity (Wildman–Crippen MR) is 89.8 cm³/mol. The van der Waals surface area contributed by atoms with Crippen molar-refractivity contribution >= 4 is 17.5 Å². The third-order valence-corrected chi connectivity index (χ3v) is 3.97. The summed E-state index contributed by atoms with van der Waals surface area (Å²) in [6.07, 6.45) is 4.63. The van der Waals surface area contributed by atoms with Crippen LogP contribution in [0, 0.1) is 0 Å². The maximum absolute atomic E-state index is 12.7. The number of carbonyl (C=O) groups excluding carboxylic acids is 1. The summed E-state index contributed by atoms with van der Waals surface area (Å²) in [6.45, 7) is 0. The maximum atomic E-state index is 12.7. The van der Waals surface area contributed by atoms with Crippen LogP contribution in [0.5, 0.6) is 0 Å². The van der Waals surface area contributed by atoms with Gasteiger partial charge in [-0.05, 0) is 40.4 Å². The number of aromatic nitrogens is 4. The van der Waals surface area contributed by atoms with Crippen LogP contribution in [0.2, 0.25) is 0 Å². The van der Waals surface area contributed by atoms with Gasteiger partial charge in [-0.15, -0.1) is 5.10 Å². The zero-order valence-electron chi connectivity index (χ0n) is 13.2. The van der Waals surface area contributed by atoms with Gasteiger partial charge >= 0.3 is 0 Å². The molecule has 0 amide bonds. The van der Waals surface area contributed by atoms with Gasteiger partial charge in [0.25, 0.3) is 0 Å². The first-order chi connectivity index (χ1) is 11.6. The molecule has 2 heterocycles. The van der Waals surface area contributed by atoms with Crippen LogP contribution in [0.3, 0.4) is 0 Å². The highest BCUT2D eigenvalue weighted by Gasteiger charge is 2.19. The molecule has 2 aromatic heterocycles. The molecule has 0 N–H and O–H groups in total. The number of ketones is 1. The minimum Gasteiger partial charge on any atom is -0.472 e. The Labute approximate surface area is 143 Å². The van der Waals surface area contributed by atoms with E-state index in [1.807, 2.05) is 44.4 Å². The van der Waals surface area contributed by atoms with Crippen LogP contribution in [0.4, 0.5) is 0 Å². The van der Waals surface area contributed by atoms with Crippen molar-refractivity contribution in [2.45, 2.75) is 5.16 Å². The van der Waals surface area contributed by atoms with Gasteiger partial charge in [-0.3, -0.25) is 4.79 Å². The number of hydrogen-bond donors (Lipinski definition) is 0. The number of benzene rings is 1. The van der Waals surface area contributed by atoms with Gasteiger partial charge in [0, 0.05) is 20.3 Å².